The molecule has 1 aromatic heterocycles. The molecule has 2 heterocycles. The molecule has 0 fully saturated rings. The van der Waals surface area contributed by atoms with Crippen molar-refractivity contribution in [1.29, 1.82) is 0 Å². The fourth-order valence-electron chi connectivity index (χ4n) is 1.16. The number of aromatic nitrogens is 2. The van der Waals surface area contributed by atoms with Gasteiger partial charge < -0.3 is 9.88 Å². The van der Waals surface area contributed by atoms with Crippen LogP contribution in [0.5, 0.6) is 0 Å². The van der Waals surface area contributed by atoms with Gasteiger partial charge in [-0.25, -0.2) is 4.98 Å². The zero-order valence-electron chi connectivity index (χ0n) is 5.47. The van der Waals surface area contributed by atoms with E-state index in [0.29, 0.717) is 5.15 Å². The number of halogens is 1. The first-order chi connectivity index (χ1) is 4.88. The first-order valence-electron chi connectivity index (χ1n) is 3.28. The van der Waals surface area contributed by atoms with Crippen LogP contribution in [0.1, 0.15) is 5.69 Å². The van der Waals surface area contributed by atoms with Crippen molar-refractivity contribution in [3.63, 3.8) is 0 Å². The molecule has 1 aliphatic heterocycles. The zero-order chi connectivity index (χ0) is 6.97. The standard InChI is InChI=1S/C6H8ClN3/c7-6-5-3-8-1-2-10(5)4-9-6/h4,8H,1-3H2. The lowest BCUT2D eigenvalue weighted by Gasteiger charge is -2.14. The molecule has 0 aromatic carbocycles. The maximum Gasteiger partial charge on any atom is 0.151 e. The Hall–Kier alpha value is -0.540. The van der Waals surface area contributed by atoms with Crippen molar-refractivity contribution < 1.29 is 0 Å². The lowest BCUT2D eigenvalue weighted by molar-refractivity contribution is 0.516. The van der Waals surface area contributed by atoms with Crippen LogP contribution in [0.25, 0.3) is 0 Å². The fraction of sp³-hybridized carbons (Fsp3) is 0.500. The van der Waals surface area contributed by atoms with Gasteiger partial charge in [-0.1, -0.05) is 11.6 Å². The highest BCUT2D eigenvalue weighted by atomic mass is 35.5. The quantitative estimate of drug-likeness (QED) is 0.599. The van der Waals surface area contributed by atoms with Gasteiger partial charge in [-0.15, -0.1) is 0 Å². The molecule has 1 N–H and O–H groups in total. The summed E-state index contributed by atoms with van der Waals surface area (Å²) >= 11 is 5.79. The number of imidazole rings is 1. The van der Waals surface area contributed by atoms with E-state index in [1.807, 2.05) is 0 Å². The molecule has 0 aliphatic carbocycles. The lowest BCUT2D eigenvalue weighted by atomic mass is 10.4. The third-order valence-corrected chi connectivity index (χ3v) is 2.03. The van der Waals surface area contributed by atoms with Gasteiger partial charge in [0.1, 0.15) is 0 Å². The van der Waals surface area contributed by atoms with Gasteiger partial charge in [0.15, 0.2) is 5.15 Å². The Balaban J connectivity index is 2.45. The van der Waals surface area contributed by atoms with Crippen molar-refractivity contribution in [3.05, 3.63) is 17.2 Å². The van der Waals surface area contributed by atoms with E-state index in [2.05, 4.69) is 14.9 Å². The number of nitrogens with zero attached hydrogens (tertiary/aromatic N) is 2. The molecular formula is C6H8ClN3. The van der Waals surface area contributed by atoms with Crippen molar-refractivity contribution in [1.82, 2.24) is 14.9 Å². The highest BCUT2D eigenvalue weighted by Crippen LogP contribution is 2.14. The van der Waals surface area contributed by atoms with E-state index >= 15 is 0 Å². The van der Waals surface area contributed by atoms with Crippen LogP contribution >= 0.6 is 11.6 Å². The predicted octanol–water partition coefficient (Wildman–Crippen LogP) is 0.640. The molecule has 0 radical (unpaired) electrons. The molecule has 0 amide bonds. The summed E-state index contributed by atoms with van der Waals surface area (Å²) < 4.78 is 2.08. The minimum absolute atomic E-state index is 0.632. The monoisotopic (exact) mass is 157 g/mol. The second kappa shape index (κ2) is 2.25. The van der Waals surface area contributed by atoms with Crippen molar-refractivity contribution >= 4 is 11.6 Å². The molecule has 54 valence electrons. The van der Waals surface area contributed by atoms with E-state index in [1.54, 1.807) is 6.33 Å². The number of hydrogen-bond acceptors (Lipinski definition) is 2. The first kappa shape index (κ1) is 6.19. The van der Waals surface area contributed by atoms with Crippen LogP contribution in [0.2, 0.25) is 5.15 Å². The molecule has 0 spiro atoms. The van der Waals surface area contributed by atoms with Crippen molar-refractivity contribution in [2.45, 2.75) is 13.1 Å². The minimum atomic E-state index is 0.632. The number of fused-ring (bicyclic) bond motifs is 1. The molecule has 0 atom stereocenters. The van der Waals surface area contributed by atoms with E-state index in [9.17, 15) is 0 Å². The van der Waals surface area contributed by atoms with Crippen LogP contribution in [0.4, 0.5) is 0 Å². The van der Waals surface area contributed by atoms with Crippen LogP contribution in [-0.4, -0.2) is 16.1 Å². The summed E-state index contributed by atoms with van der Waals surface area (Å²) in [6.07, 6.45) is 1.79. The van der Waals surface area contributed by atoms with Crippen molar-refractivity contribution in [2.75, 3.05) is 6.54 Å². The average Bonchev–Trinajstić information content (AvgIpc) is 2.34. The van der Waals surface area contributed by atoms with Gasteiger partial charge in [-0.2, -0.15) is 0 Å². The number of rotatable bonds is 0. The number of nitrogens with one attached hydrogen (secondary N) is 1. The summed E-state index contributed by atoms with van der Waals surface area (Å²) in [5.41, 5.74) is 1.10. The third-order valence-electron chi connectivity index (χ3n) is 1.72. The smallest absolute Gasteiger partial charge is 0.151 e. The molecule has 0 saturated heterocycles. The molecule has 3 nitrogen and oxygen atoms in total. The summed E-state index contributed by atoms with van der Waals surface area (Å²) in [5, 5.41) is 3.85. The van der Waals surface area contributed by atoms with E-state index in [1.165, 1.54) is 0 Å². The van der Waals surface area contributed by atoms with Gasteiger partial charge in [0.2, 0.25) is 0 Å². The molecule has 10 heavy (non-hydrogen) atoms. The second-order valence-corrected chi connectivity index (χ2v) is 2.71. The minimum Gasteiger partial charge on any atom is -0.331 e. The third kappa shape index (κ3) is 0.822. The van der Waals surface area contributed by atoms with Crippen molar-refractivity contribution in [3.8, 4) is 0 Å². The highest BCUT2D eigenvalue weighted by Gasteiger charge is 2.11. The van der Waals surface area contributed by atoms with Crippen LogP contribution in [0.3, 0.4) is 0 Å². The second-order valence-electron chi connectivity index (χ2n) is 2.35. The Bertz CT molecular complexity index is 243. The average molecular weight is 158 g/mol. The molecule has 4 heteroatoms. The summed E-state index contributed by atoms with van der Waals surface area (Å²) in [6, 6.07) is 0. The van der Waals surface area contributed by atoms with Crippen LogP contribution in [-0.2, 0) is 13.1 Å². The Labute approximate surface area is 64.0 Å². The van der Waals surface area contributed by atoms with E-state index in [4.69, 9.17) is 11.6 Å². The molecule has 0 saturated carbocycles. The first-order valence-corrected chi connectivity index (χ1v) is 3.66. The molecule has 1 aromatic rings. The summed E-state index contributed by atoms with van der Waals surface area (Å²) in [6.45, 7) is 2.84. The predicted molar refractivity (Wildman–Crippen MR) is 38.9 cm³/mol. The Morgan fingerprint density at radius 3 is 3.40 bits per heavy atom. The Morgan fingerprint density at radius 1 is 1.70 bits per heavy atom. The Kier molecular flexibility index (Phi) is 1.39. The van der Waals surface area contributed by atoms with E-state index in [-0.39, 0.29) is 0 Å². The largest absolute Gasteiger partial charge is 0.331 e. The van der Waals surface area contributed by atoms with Gasteiger partial charge in [-0.05, 0) is 0 Å². The van der Waals surface area contributed by atoms with Gasteiger partial charge in [0, 0.05) is 19.6 Å². The van der Waals surface area contributed by atoms with E-state index in [0.717, 1.165) is 25.3 Å². The van der Waals surface area contributed by atoms with Gasteiger partial charge in [0.25, 0.3) is 0 Å². The van der Waals surface area contributed by atoms with Crippen LogP contribution in [0.15, 0.2) is 6.33 Å². The maximum absolute atomic E-state index is 5.79. The van der Waals surface area contributed by atoms with Crippen LogP contribution < -0.4 is 5.32 Å². The molecular weight excluding hydrogens is 150 g/mol. The molecule has 1 aliphatic rings. The van der Waals surface area contributed by atoms with E-state index < -0.39 is 0 Å². The fourth-order valence-corrected chi connectivity index (χ4v) is 1.38. The normalized spacial score (nSPS) is 16.9. The highest BCUT2D eigenvalue weighted by molar-refractivity contribution is 6.30. The molecule has 0 bridgehead atoms. The van der Waals surface area contributed by atoms with Crippen LogP contribution in [0, 0.1) is 0 Å². The van der Waals surface area contributed by atoms with Crippen molar-refractivity contribution in [2.24, 2.45) is 0 Å². The number of hydrogen-bond donors (Lipinski definition) is 1. The topological polar surface area (TPSA) is 29.9 Å². The summed E-state index contributed by atoms with van der Waals surface area (Å²) in [5.74, 6) is 0. The maximum atomic E-state index is 5.79. The summed E-state index contributed by atoms with van der Waals surface area (Å²) in [4.78, 5) is 3.99. The SMILES string of the molecule is Clc1ncn2c1CNCC2. The van der Waals surface area contributed by atoms with Gasteiger partial charge >= 0.3 is 0 Å². The molecule has 0 unspecified atom stereocenters. The molecule has 2 rings (SSSR count). The van der Waals surface area contributed by atoms with Gasteiger partial charge in [-0.3, -0.25) is 0 Å². The van der Waals surface area contributed by atoms with Gasteiger partial charge in [0.05, 0.1) is 12.0 Å². The Morgan fingerprint density at radius 2 is 2.60 bits per heavy atom. The summed E-state index contributed by atoms with van der Waals surface area (Å²) in [7, 11) is 0. The lowest BCUT2D eigenvalue weighted by Crippen LogP contribution is -2.27. The zero-order valence-corrected chi connectivity index (χ0v) is 6.23.